The summed E-state index contributed by atoms with van der Waals surface area (Å²) in [6.07, 6.45) is 7.99. The number of hydrogen-bond acceptors (Lipinski definition) is 5. The maximum absolute atomic E-state index is 14.6. The average molecular weight is 627 g/mol. The molecule has 0 radical (unpaired) electrons. The highest BCUT2D eigenvalue weighted by atomic mass is 19.1. The molecular formula is C39H47FN2O4. The lowest BCUT2D eigenvalue weighted by molar-refractivity contribution is -0.146. The Balaban J connectivity index is 1.33. The van der Waals surface area contributed by atoms with E-state index in [-0.39, 0.29) is 23.5 Å². The standard InChI is InChI=1S/C39H47FN2O4/c1-5-26(2)14-19-32(23-28-15-17-29(18-16-28)24-36(43)46-25-30-10-7-6-8-11-30)39(44)37-38(31-20-21-33(40)27(3)22-31)42-34(41-37)12-9-13-35(42)45-4/h6-13,20-22,26,28-29,32H,5,14-19,23-25H2,1-4H3. The van der Waals surface area contributed by atoms with Gasteiger partial charge in [-0.05, 0) is 91.8 Å². The smallest absolute Gasteiger partial charge is 0.306 e. The van der Waals surface area contributed by atoms with E-state index in [0.29, 0.717) is 59.3 Å². The molecule has 0 amide bonds. The van der Waals surface area contributed by atoms with Crippen LogP contribution in [0.4, 0.5) is 4.39 Å². The Hall–Kier alpha value is -4.00. The second-order valence-corrected chi connectivity index (χ2v) is 13.2. The van der Waals surface area contributed by atoms with Crippen LogP contribution in [-0.2, 0) is 16.1 Å². The van der Waals surface area contributed by atoms with Crippen molar-refractivity contribution in [2.45, 2.75) is 85.2 Å². The number of esters is 1. The van der Waals surface area contributed by atoms with E-state index in [0.717, 1.165) is 62.5 Å². The van der Waals surface area contributed by atoms with Crippen molar-refractivity contribution in [3.8, 4) is 17.1 Å². The quantitative estimate of drug-likeness (QED) is 0.103. The number of carbonyl (C=O) groups is 2. The van der Waals surface area contributed by atoms with Crippen molar-refractivity contribution < 1.29 is 23.5 Å². The van der Waals surface area contributed by atoms with Crippen LogP contribution >= 0.6 is 0 Å². The van der Waals surface area contributed by atoms with Crippen molar-refractivity contribution in [3.63, 3.8) is 0 Å². The van der Waals surface area contributed by atoms with Crippen LogP contribution in [0.2, 0.25) is 0 Å². The third kappa shape index (κ3) is 8.04. The predicted molar refractivity (Wildman–Crippen MR) is 179 cm³/mol. The molecule has 1 saturated carbocycles. The SMILES string of the molecule is CCC(C)CCC(CC1CCC(CC(=O)OCc2ccccc2)CC1)C(=O)c1nc2cccc(OC)n2c1-c1ccc(F)c(C)c1. The van der Waals surface area contributed by atoms with Crippen LogP contribution in [-0.4, -0.2) is 28.2 Å². The summed E-state index contributed by atoms with van der Waals surface area (Å²) in [6, 6.07) is 20.3. The highest BCUT2D eigenvalue weighted by Gasteiger charge is 2.32. The van der Waals surface area contributed by atoms with E-state index < -0.39 is 0 Å². The first-order chi connectivity index (χ1) is 22.3. The molecule has 0 N–H and O–H groups in total. The Kier molecular flexibility index (Phi) is 11.3. The van der Waals surface area contributed by atoms with Gasteiger partial charge in [0, 0.05) is 17.9 Å². The number of nitrogens with zero attached hydrogens (tertiary/aromatic N) is 2. The Morgan fingerprint density at radius 3 is 2.41 bits per heavy atom. The van der Waals surface area contributed by atoms with Gasteiger partial charge in [0.15, 0.2) is 11.7 Å². The number of halogens is 1. The Bertz CT molecular complexity index is 1620. The van der Waals surface area contributed by atoms with Gasteiger partial charge < -0.3 is 9.47 Å². The lowest BCUT2D eigenvalue weighted by atomic mass is 9.75. The summed E-state index contributed by atoms with van der Waals surface area (Å²) in [5.41, 5.74) is 3.93. The van der Waals surface area contributed by atoms with Gasteiger partial charge in [-0.1, -0.05) is 75.9 Å². The number of rotatable bonds is 14. The normalized spacial score (nSPS) is 17.8. The van der Waals surface area contributed by atoms with E-state index in [1.165, 1.54) is 6.07 Å². The van der Waals surface area contributed by atoms with Gasteiger partial charge in [-0.2, -0.15) is 0 Å². The number of pyridine rings is 1. The maximum Gasteiger partial charge on any atom is 0.306 e. The molecule has 2 atom stereocenters. The van der Waals surface area contributed by atoms with Crippen molar-refractivity contribution in [1.29, 1.82) is 0 Å². The second-order valence-electron chi connectivity index (χ2n) is 13.2. The van der Waals surface area contributed by atoms with Crippen LogP contribution in [0.1, 0.15) is 93.3 Å². The maximum atomic E-state index is 14.6. The fourth-order valence-electron chi connectivity index (χ4n) is 6.80. The summed E-state index contributed by atoms with van der Waals surface area (Å²) in [5, 5.41) is 0. The van der Waals surface area contributed by atoms with Crippen molar-refractivity contribution in [2.24, 2.45) is 23.7 Å². The second kappa shape index (κ2) is 15.5. The van der Waals surface area contributed by atoms with Crippen LogP contribution < -0.4 is 4.74 Å². The van der Waals surface area contributed by atoms with Gasteiger partial charge in [-0.25, -0.2) is 9.37 Å². The van der Waals surface area contributed by atoms with E-state index >= 15 is 0 Å². The number of aromatic nitrogens is 2. The molecular weight excluding hydrogens is 579 g/mol. The summed E-state index contributed by atoms with van der Waals surface area (Å²) < 4.78 is 27.4. The molecule has 2 heterocycles. The lowest BCUT2D eigenvalue weighted by Crippen LogP contribution is -2.24. The predicted octanol–water partition coefficient (Wildman–Crippen LogP) is 9.41. The molecule has 2 aromatic heterocycles. The van der Waals surface area contributed by atoms with Gasteiger partial charge in [-0.15, -0.1) is 0 Å². The van der Waals surface area contributed by atoms with E-state index in [4.69, 9.17) is 14.5 Å². The molecule has 0 saturated heterocycles. The zero-order valence-electron chi connectivity index (χ0n) is 27.6. The number of benzene rings is 2. The molecule has 0 aliphatic heterocycles. The minimum absolute atomic E-state index is 0.0395. The molecule has 7 heteroatoms. The first-order valence-electron chi connectivity index (χ1n) is 16.8. The zero-order chi connectivity index (χ0) is 32.6. The molecule has 0 spiro atoms. The van der Waals surface area contributed by atoms with Crippen molar-refractivity contribution in [1.82, 2.24) is 9.38 Å². The highest BCUT2D eigenvalue weighted by molar-refractivity contribution is 6.02. The molecule has 244 valence electrons. The number of methoxy groups -OCH3 is 1. The lowest BCUT2D eigenvalue weighted by Gasteiger charge is -2.30. The first kappa shape index (κ1) is 33.4. The van der Waals surface area contributed by atoms with Crippen LogP contribution in [0, 0.1) is 36.4 Å². The molecule has 2 unspecified atom stereocenters. The number of imidazole rings is 1. The van der Waals surface area contributed by atoms with Crippen LogP contribution in [0.25, 0.3) is 16.9 Å². The number of ketones is 1. The number of ether oxygens (including phenoxy) is 2. The van der Waals surface area contributed by atoms with Gasteiger partial charge in [0.2, 0.25) is 0 Å². The van der Waals surface area contributed by atoms with Crippen molar-refractivity contribution in [2.75, 3.05) is 7.11 Å². The van der Waals surface area contributed by atoms with Gasteiger partial charge in [-0.3, -0.25) is 14.0 Å². The third-order valence-corrected chi connectivity index (χ3v) is 9.84. The third-order valence-electron chi connectivity index (χ3n) is 9.84. The molecule has 1 aliphatic rings. The van der Waals surface area contributed by atoms with E-state index in [1.54, 1.807) is 26.2 Å². The number of fused-ring (bicyclic) bond motifs is 1. The molecule has 0 bridgehead atoms. The topological polar surface area (TPSA) is 69.9 Å². The van der Waals surface area contributed by atoms with Crippen LogP contribution in [0.3, 0.4) is 0 Å². The van der Waals surface area contributed by atoms with Crippen molar-refractivity contribution >= 4 is 17.4 Å². The summed E-state index contributed by atoms with van der Waals surface area (Å²) in [5.74, 6) is 1.24. The Labute approximate surface area is 272 Å². The molecule has 46 heavy (non-hydrogen) atoms. The fraction of sp³-hybridized carbons (Fsp3) is 0.462. The summed E-state index contributed by atoms with van der Waals surface area (Å²) in [6.45, 7) is 6.47. The summed E-state index contributed by atoms with van der Waals surface area (Å²) >= 11 is 0. The molecule has 6 nitrogen and oxygen atoms in total. The summed E-state index contributed by atoms with van der Waals surface area (Å²) in [4.78, 5) is 32.0. The molecule has 2 aromatic carbocycles. The van der Waals surface area contributed by atoms with Crippen LogP contribution in [0.15, 0.2) is 66.7 Å². The largest absolute Gasteiger partial charge is 0.482 e. The van der Waals surface area contributed by atoms with E-state index in [2.05, 4.69) is 13.8 Å². The number of carbonyl (C=O) groups excluding carboxylic acids is 2. The van der Waals surface area contributed by atoms with Gasteiger partial charge >= 0.3 is 5.97 Å². The number of hydrogen-bond donors (Lipinski definition) is 0. The molecule has 4 aromatic rings. The van der Waals surface area contributed by atoms with E-state index in [9.17, 15) is 14.0 Å². The average Bonchev–Trinajstić information content (AvgIpc) is 3.47. The first-order valence-corrected chi connectivity index (χ1v) is 16.8. The van der Waals surface area contributed by atoms with Gasteiger partial charge in [0.25, 0.3) is 0 Å². The van der Waals surface area contributed by atoms with Crippen LogP contribution in [0.5, 0.6) is 5.88 Å². The van der Waals surface area contributed by atoms with Crippen molar-refractivity contribution in [3.05, 3.63) is 89.4 Å². The summed E-state index contributed by atoms with van der Waals surface area (Å²) in [7, 11) is 1.60. The zero-order valence-corrected chi connectivity index (χ0v) is 27.6. The fourth-order valence-corrected chi connectivity index (χ4v) is 6.80. The Morgan fingerprint density at radius 2 is 1.72 bits per heavy atom. The van der Waals surface area contributed by atoms with E-state index in [1.807, 2.05) is 52.9 Å². The molecule has 1 fully saturated rings. The number of aryl methyl sites for hydroxylation is 1. The Morgan fingerprint density at radius 1 is 0.978 bits per heavy atom. The molecule has 1 aliphatic carbocycles. The highest BCUT2D eigenvalue weighted by Crippen LogP contribution is 2.38. The minimum Gasteiger partial charge on any atom is -0.482 e. The molecule has 5 rings (SSSR count). The number of Topliss-reactive ketones (excluding diaryl/α,β-unsaturated/α-hetero) is 1. The van der Waals surface area contributed by atoms with Gasteiger partial charge in [0.1, 0.15) is 23.8 Å². The van der Waals surface area contributed by atoms with Gasteiger partial charge in [0.05, 0.1) is 12.8 Å². The monoisotopic (exact) mass is 626 g/mol. The minimum atomic E-state index is -0.288.